The average molecular weight is 632 g/mol. The van der Waals surface area contributed by atoms with Crippen molar-refractivity contribution >= 4 is 22.5 Å². The number of methoxy groups -OCH3 is 1. The molecular weight excluding hydrogens is 601 g/mol. The lowest BCUT2D eigenvalue weighted by Gasteiger charge is -2.19. The lowest BCUT2D eigenvalue weighted by molar-refractivity contribution is 0.102. The highest BCUT2D eigenvalue weighted by atomic mass is 19.1. The molecule has 1 amide bonds. The van der Waals surface area contributed by atoms with Gasteiger partial charge in [-0.05, 0) is 55.2 Å². The van der Waals surface area contributed by atoms with Crippen molar-refractivity contribution in [2.45, 2.75) is 32.4 Å². The van der Waals surface area contributed by atoms with Crippen molar-refractivity contribution in [2.24, 2.45) is 0 Å². The second kappa shape index (κ2) is 12.8. The third-order valence-electron chi connectivity index (χ3n) is 8.03. The normalized spacial score (nSPS) is 12.4. The standard InChI is InChI=1S/C36H30FN5O5/c1-45-31-19-26-28(20-32(31)46-21-23-10-4-2-5-11-23)38-22-39-35(26)47-30-16-15-24(18-27(30)37)40-34(43)33-29-14-8-9-17-41(29)42(36(33)44)25-12-6-3-7-13-25/h2-7,10-13,15-16,18-20,22H,8-9,14,17,21H2,1H3,(H,40,43). The van der Waals surface area contributed by atoms with E-state index in [2.05, 4.69) is 15.3 Å². The zero-order valence-corrected chi connectivity index (χ0v) is 25.5. The fourth-order valence-corrected chi connectivity index (χ4v) is 5.77. The van der Waals surface area contributed by atoms with Gasteiger partial charge in [0.15, 0.2) is 23.1 Å². The molecule has 1 aliphatic heterocycles. The summed E-state index contributed by atoms with van der Waals surface area (Å²) in [5.74, 6) is -0.405. The summed E-state index contributed by atoms with van der Waals surface area (Å²) in [6.45, 7) is 0.959. The second-order valence-corrected chi connectivity index (χ2v) is 11.0. The van der Waals surface area contributed by atoms with Gasteiger partial charge in [0.25, 0.3) is 11.5 Å². The molecular formula is C36H30FN5O5. The van der Waals surface area contributed by atoms with E-state index in [1.807, 2.05) is 65.3 Å². The Morgan fingerprint density at radius 3 is 2.47 bits per heavy atom. The van der Waals surface area contributed by atoms with Crippen molar-refractivity contribution in [3.05, 3.63) is 130 Å². The van der Waals surface area contributed by atoms with Crippen LogP contribution in [-0.2, 0) is 19.6 Å². The quantitative estimate of drug-likeness (QED) is 0.189. The minimum absolute atomic E-state index is 0.0582. The molecule has 0 radical (unpaired) electrons. The molecule has 2 aromatic heterocycles. The van der Waals surface area contributed by atoms with E-state index in [0.29, 0.717) is 53.4 Å². The fourth-order valence-electron chi connectivity index (χ4n) is 5.77. The number of fused-ring (bicyclic) bond motifs is 2. The van der Waals surface area contributed by atoms with Gasteiger partial charge >= 0.3 is 0 Å². The molecule has 0 spiro atoms. The minimum atomic E-state index is -0.732. The molecule has 0 saturated heterocycles. The van der Waals surface area contributed by atoms with Crippen LogP contribution in [0.5, 0.6) is 23.1 Å². The maximum absolute atomic E-state index is 15.4. The monoisotopic (exact) mass is 631 g/mol. The molecule has 6 aromatic rings. The molecule has 7 rings (SSSR count). The lowest BCUT2D eigenvalue weighted by atomic mass is 10.1. The van der Waals surface area contributed by atoms with Crippen LogP contribution in [0.3, 0.4) is 0 Å². The van der Waals surface area contributed by atoms with Gasteiger partial charge < -0.3 is 19.5 Å². The third-order valence-corrected chi connectivity index (χ3v) is 8.03. The number of benzene rings is 4. The molecule has 11 heteroatoms. The van der Waals surface area contributed by atoms with Crippen molar-refractivity contribution in [3.63, 3.8) is 0 Å². The number of amides is 1. The Kier molecular flexibility index (Phi) is 8.09. The lowest BCUT2D eigenvalue weighted by Crippen LogP contribution is -2.25. The Labute approximate surface area is 269 Å². The number of halogens is 1. The van der Waals surface area contributed by atoms with E-state index in [4.69, 9.17) is 14.2 Å². The Hall–Kier alpha value is -5.97. The number of nitrogens with zero attached hydrogens (tertiary/aromatic N) is 4. The maximum Gasteiger partial charge on any atom is 0.284 e. The van der Waals surface area contributed by atoms with Crippen molar-refractivity contribution in [2.75, 3.05) is 12.4 Å². The molecule has 0 atom stereocenters. The van der Waals surface area contributed by atoms with Crippen LogP contribution in [0.15, 0.2) is 102 Å². The SMILES string of the molecule is COc1cc2c(Oc3ccc(NC(=O)c4c5n(n(-c6ccccc6)c4=O)CCCC5)cc3F)ncnc2cc1OCc1ccccc1. The number of hydrogen-bond acceptors (Lipinski definition) is 7. The van der Waals surface area contributed by atoms with E-state index < -0.39 is 17.3 Å². The largest absolute Gasteiger partial charge is 0.493 e. The molecule has 0 unspecified atom stereocenters. The summed E-state index contributed by atoms with van der Waals surface area (Å²) in [4.78, 5) is 35.6. The van der Waals surface area contributed by atoms with Gasteiger partial charge in [0.2, 0.25) is 5.88 Å². The van der Waals surface area contributed by atoms with E-state index in [1.165, 1.54) is 25.6 Å². The van der Waals surface area contributed by atoms with Crippen LogP contribution in [0, 0.1) is 5.82 Å². The van der Waals surface area contributed by atoms with Gasteiger partial charge in [-0.2, -0.15) is 0 Å². The maximum atomic E-state index is 15.4. The first kappa shape index (κ1) is 29.7. The first-order valence-corrected chi connectivity index (χ1v) is 15.2. The topological polar surface area (TPSA) is 110 Å². The van der Waals surface area contributed by atoms with Gasteiger partial charge in [-0.15, -0.1) is 0 Å². The Balaban J connectivity index is 1.12. The van der Waals surface area contributed by atoms with E-state index >= 15 is 4.39 Å². The van der Waals surface area contributed by atoms with Crippen LogP contribution >= 0.6 is 0 Å². The predicted molar refractivity (Wildman–Crippen MR) is 174 cm³/mol. The molecule has 4 aromatic carbocycles. The number of hydrogen-bond donors (Lipinski definition) is 1. The van der Waals surface area contributed by atoms with Gasteiger partial charge in [0.1, 0.15) is 18.5 Å². The summed E-state index contributed by atoms with van der Waals surface area (Å²) in [7, 11) is 1.52. The Bertz CT molecular complexity index is 2150. The first-order valence-electron chi connectivity index (χ1n) is 15.2. The molecule has 0 saturated carbocycles. The van der Waals surface area contributed by atoms with Gasteiger partial charge in [-0.1, -0.05) is 48.5 Å². The molecule has 0 fully saturated rings. The number of para-hydroxylation sites is 1. The number of anilines is 1. The molecule has 47 heavy (non-hydrogen) atoms. The summed E-state index contributed by atoms with van der Waals surface area (Å²) >= 11 is 0. The molecule has 0 bridgehead atoms. The fraction of sp³-hybridized carbons (Fsp3) is 0.167. The average Bonchev–Trinajstić information content (AvgIpc) is 3.40. The molecule has 10 nitrogen and oxygen atoms in total. The zero-order valence-electron chi connectivity index (χ0n) is 25.5. The molecule has 0 aliphatic carbocycles. The second-order valence-electron chi connectivity index (χ2n) is 11.0. The first-order chi connectivity index (χ1) is 23.0. The zero-order chi connectivity index (χ0) is 32.3. The number of rotatable bonds is 9. The van der Waals surface area contributed by atoms with Crippen molar-refractivity contribution in [1.29, 1.82) is 0 Å². The van der Waals surface area contributed by atoms with Crippen molar-refractivity contribution < 1.29 is 23.4 Å². The molecule has 1 N–H and O–H groups in total. The highest BCUT2D eigenvalue weighted by molar-refractivity contribution is 6.05. The highest BCUT2D eigenvalue weighted by Crippen LogP contribution is 2.37. The van der Waals surface area contributed by atoms with Crippen LogP contribution in [0.4, 0.5) is 10.1 Å². The number of aromatic nitrogens is 4. The molecule has 236 valence electrons. The summed E-state index contributed by atoms with van der Waals surface area (Å²) in [6, 6.07) is 26.4. The number of carbonyl (C=O) groups excluding carboxylic acids is 1. The van der Waals surface area contributed by atoms with Crippen LogP contribution in [0.2, 0.25) is 0 Å². The Morgan fingerprint density at radius 2 is 1.70 bits per heavy atom. The molecule has 1 aliphatic rings. The Morgan fingerprint density at radius 1 is 0.915 bits per heavy atom. The third kappa shape index (κ3) is 5.90. The summed E-state index contributed by atoms with van der Waals surface area (Å²) in [5, 5.41) is 3.19. The number of ether oxygens (including phenoxy) is 3. The van der Waals surface area contributed by atoms with Gasteiger partial charge in [-0.3, -0.25) is 14.3 Å². The van der Waals surface area contributed by atoms with E-state index in [1.54, 1.807) is 16.8 Å². The number of carbonyl (C=O) groups is 1. The number of nitrogens with one attached hydrogen (secondary N) is 1. The van der Waals surface area contributed by atoms with E-state index in [-0.39, 0.29) is 22.9 Å². The van der Waals surface area contributed by atoms with Crippen LogP contribution < -0.4 is 25.1 Å². The summed E-state index contributed by atoms with van der Waals surface area (Å²) in [6.07, 6.45) is 3.68. The van der Waals surface area contributed by atoms with Gasteiger partial charge in [0.05, 0.1) is 29.4 Å². The molecule has 3 heterocycles. The van der Waals surface area contributed by atoms with Crippen molar-refractivity contribution in [1.82, 2.24) is 19.3 Å². The van der Waals surface area contributed by atoms with Gasteiger partial charge in [-0.25, -0.2) is 19.0 Å². The summed E-state index contributed by atoms with van der Waals surface area (Å²) in [5.41, 5.74) is 2.68. The summed E-state index contributed by atoms with van der Waals surface area (Å²) < 4.78 is 36.3. The van der Waals surface area contributed by atoms with Crippen LogP contribution in [0.1, 0.15) is 34.5 Å². The smallest absolute Gasteiger partial charge is 0.284 e. The minimum Gasteiger partial charge on any atom is -0.493 e. The van der Waals surface area contributed by atoms with Crippen molar-refractivity contribution in [3.8, 4) is 28.8 Å². The van der Waals surface area contributed by atoms with E-state index in [9.17, 15) is 9.59 Å². The van der Waals surface area contributed by atoms with Crippen LogP contribution in [0.25, 0.3) is 16.6 Å². The predicted octanol–water partition coefficient (Wildman–Crippen LogP) is 6.69. The van der Waals surface area contributed by atoms with E-state index in [0.717, 1.165) is 24.5 Å². The van der Waals surface area contributed by atoms with Crippen LogP contribution in [-0.4, -0.2) is 32.3 Å². The highest BCUT2D eigenvalue weighted by Gasteiger charge is 2.28. The van der Waals surface area contributed by atoms with Gasteiger partial charge in [0, 0.05) is 24.4 Å².